The van der Waals surface area contributed by atoms with Crippen molar-refractivity contribution in [3.05, 3.63) is 70.8 Å². The van der Waals surface area contributed by atoms with Gasteiger partial charge in [0.05, 0.1) is 6.10 Å². The zero-order chi connectivity index (χ0) is 11.4. The second-order valence-electron chi connectivity index (χ2n) is 5.10. The molecule has 2 aromatic rings. The highest BCUT2D eigenvalue weighted by molar-refractivity contribution is 5.52. The average molecular weight is 222 g/mol. The zero-order valence-electron chi connectivity index (χ0n) is 9.51. The predicted octanol–water partition coefficient (Wildman–Crippen LogP) is 3.35. The summed E-state index contributed by atoms with van der Waals surface area (Å²) in [6, 6.07) is 16.9. The van der Waals surface area contributed by atoms with Crippen molar-refractivity contribution in [2.75, 3.05) is 0 Å². The van der Waals surface area contributed by atoms with Crippen LogP contribution in [0.1, 0.15) is 46.6 Å². The predicted molar refractivity (Wildman–Crippen MR) is 67.0 cm³/mol. The average Bonchev–Trinajstić information content (AvgIpc) is 2.73. The van der Waals surface area contributed by atoms with Gasteiger partial charge in [0.25, 0.3) is 0 Å². The van der Waals surface area contributed by atoms with Gasteiger partial charge in [0.15, 0.2) is 0 Å². The van der Waals surface area contributed by atoms with Crippen LogP contribution in [0.5, 0.6) is 0 Å². The Morgan fingerprint density at radius 3 is 2.00 bits per heavy atom. The van der Waals surface area contributed by atoms with E-state index in [0.29, 0.717) is 11.8 Å². The summed E-state index contributed by atoms with van der Waals surface area (Å²) in [5, 5.41) is 10.5. The Hall–Kier alpha value is -1.60. The topological polar surface area (TPSA) is 20.2 Å². The fraction of sp³-hybridized carbons (Fsp3) is 0.250. The molecule has 2 bridgehead atoms. The minimum atomic E-state index is -0.328. The highest BCUT2D eigenvalue weighted by atomic mass is 16.3. The summed E-state index contributed by atoms with van der Waals surface area (Å²) in [6.45, 7) is 0. The maximum Gasteiger partial charge on any atom is 0.0861 e. The van der Waals surface area contributed by atoms with E-state index in [-0.39, 0.29) is 6.10 Å². The van der Waals surface area contributed by atoms with Crippen LogP contribution in [0, 0.1) is 0 Å². The van der Waals surface area contributed by atoms with E-state index in [1.54, 1.807) is 0 Å². The molecule has 0 heterocycles. The summed E-state index contributed by atoms with van der Waals surface area (Å²) >= 11 is 0. The fourth-order valence-electron chi connectivity index (χ4n) is 3.58. The molecule has 0 aliphatic heterocycles. The molecule has 0 radical (unpaired) electrons. The molecule has 0 saturated carbocycles. The van der Waals surface area contributed by atoms with E-state index in [1.165, 1.54) is 16.7 Å². The highest BCUT2D eigenvalue weighted by Gasteiger charge is 2.42. The van der Waals surface area contributed by atoms with Gasteiger partial charge in [-0.25, -0.2) is 0 Å². The van der Waals surface area contributed by atoms with Crippen molar-refractivity contribution in [1.82, 2.24) is 0 Å². The van der Waals surface area contributed by atoms with Gasteiger partial charge in [0.1, 0.15) is 0 Å². The number of rotatable bonds is 0. The summed E-state index contributed by atoms with van der Waals surface area (Å²) < 4.78 is 0. The van der Waals surface area contributed by atoms with E-state index in [9.17, 15) is 5.11 Å². The number of aliphatic hydroxyl groups excluding tert-OH is 1. The quantitative estimate of drug-likeness (QED) is 0.724. The third-order valence-corrected chi connectivity index (χ3v) is 4.33. The number of hydrogen-bond donors (Lipinski definition) is 1. The zero-order valence-corrected chi connectivity index (χ0v) is 9.51. The third kappa shape index (κ3) is 1.12. The van der Waals surface area contributed by atoms with Gasteiger partial charge in [0.2, 0.25) is 0 Å². The van der Waals surface area contributed by atoms with E-state index in [2.05, 4.69) is 42.5 Å². The first-order chi connectivity index (χ1) is 8.36. The molecule has 3 atom stereocenters. The SMILES string of the molecule is O[C@H]1c2ccccc2[C@H]2C[C@H]1c1ccccc12. The van der Waals surface area contributed by atoms with Crippen LogP contribution in [0.3, 0.4) is 0 Å². The van der Waals surface area contributed by atoms with Crippen molar-refractivity contribution in [1.29, 1.82) is 0 Å². The van der Waals surface area contributed by atoms with E-state index in [0.717, 1.165) is 12.0 Å². The summed E-state index contributed by atoms with van der Waals surface area (Å²) in [5.74, 6) is 0.793. The van der Waals surface area contributed by atoms with Gasteiger partial charge in [-0.05, 0) is 28.7 Å². The molecule has 0 aromatic heterocycles. The van der Waals surface area contributed by atoms with Crippen LogP contribution in [0.4, 0.5) is 0 Å². The van der Waals surface area contributed by atoms with Crippen molar-refractivity contribution >= 4 is 0 Å². The van der Waals surface area contributed by atoms with Crippen LogP contribution in [0.2, 0.25) is 0 Å². The van der Waals surface area contributed by atoms with Gasteiger partial charge in [-0.2, -0.15) is 0 Å². The molecule has 0 saturated heterocycles. The van der Waals surface area contributed by atoms with Crippen molar-refractivity contribution in [3.8, 4) is 0 Å². The molecule has 0 spiro atoms. The first-order valence-electron chi connectivity index (χ1n) is 6.22. The van der Waals surface area contributed by atoms with Gasteiger partial charge in [-0.15, -0.1) is 0 Å². The molecule has 1 nitrogen and oxygen atoms in total. The van der Waals surface area contributed by atoms with Gasteiger partial charge in [-0.3, -0.25) is 0 Å². The lowest BCUT2D eigenvalue weighted by atomic mass is 9.79. The van der Waals surface area contributed by atoms with Gasteiger partial charge >= 0.3 is 0 Å². The van der Waals surface area contributed by atoms with Gasteiger partial charge in [0, 0.05) is 11.8 Å². The molecule has 2 aliphatic rings. The van der Waals surface area contributed by atoms with Crippen LogP contribution in [0.15, 0.2) is 48.5 Å². The Balaban J connectivity index is 2.01. The highest BCUT2D eigenvalue weighted by Crippen LogP contribution is 2.55. The summed E-state index contributed by atoms with van der Waals surface area (Å²) in [4.78, 5) is 0. The Morgan fingerprint density at radius 2 is 1.29 bits per heavy atom. The smallest absolute Gasteiger partial charge is 0.0861 e. The monoisotopic (exact) mass is 222 g/mol. The normalized spacial score (nSPS) is 28.6. The van der Waals surface area contributed by atoms with Crippen LogP contribution in [-0.4, -0.2) is 5.11 Å². The molecule has 1 heteroatoms. The second kappa shape index (κ2) is 3.21. The standard InChI is InChI=1S/C16H14O/c17-16-13-8-4-3-7-12(13)14-9-15(16)11-6-2-1-5-10(11)14/h1-8,14-17H,9H2/t14-,15-,16-/m0/s1. The molecule has 0 unspecified atom stereocenters. The van der Waals surface area contributed by atoms with Crippen LogP contribution in [-0.2, 0) is 0 Å². The Morgan fingerprint density at radius 1 is 0.765 bits per heavy atom. The molecule has 0 fully saturated rings. The van der Waals surface area contributed by atoms with Crippen LogP contribution in [0.25, 0.3) is 0 Å². The first-order valence-corrected chi connectivity index (χ1v) is 6.22. The van der Waals surface area contributed by atoms with Crippen LogP contribution < -0.4 is 0 Å². The Bertz CT molecular complexity index is 588. The van der Waals surface area contributed by atoms with Gasteiger partial charge < -0.3 is 5.11 Å². The van der Waals surface area contributed by atoms with Crippen LogP contribution >= 0.6 is 0 Å². The van der Waals surface area contributed by atoms with Crippen molar-refractivity contribution in [2.45, 2.75) is 24.4 Å². The molecule has 2 aliphatic carbocycles. The first kappa shape index (κ1) is 9.43. The van der Waals surface area contributed by atoms with E-state index in [4.69, 9.17) is 0 Å². The summed E-state index contributed by atoms with van der Waals surface area (Å²) in [5.41, 5.74) is 5.22. The lowest BCUT2D eigenvalue weighted by Gasteiger charge is -2.28. The van der Waals surface area contributed by atoms with Crippen molar-refractivity contribution in [2.24, 2.45) is 0 Å². The number of fused-ring (bicyclic) bond motifs is 7. The fourth-order valence-corrected chi connectivity index (χ4v) is 3.58. The van der Waals surface area contributed by atoms with Crippen molar-refractivity contribution in [3.63, 3.8) is 0 Å². The maximum absolute atomic E-state index is 10.5. The molecular weight excluding hydrogens is 208 g/mol. The summed E-state index contributed by atoms with van der Waals surface area (Å²) in [7, 11) is 0. The number of benzene rings is 2. The molecule has 1 N–H and O–H groups in total. The van der Waals surface area contributed by atoms with E-state index < -0.39 is 0 Å². The van der Waals surface area contributed by atoms with Crippen molar-refractivity contribution < 1.29 is 5.11 Å². The lowest BCUT2D eigenvalue weighted by molar-refractivity contribution is 0.135. The van der Waals surface area contributed by atoms with E-state index in [1.807, 2.05) is 6.07 Å². The molecule has 4 rings (SSSR count). The number of hydrogen-bond acceptors (Lipinski definition) is 1. The Labute approximate surface area is 101 Å². The maximum atomic E-state index is 10.5. The molecule has 0 amide bonds. The summed E-state index contributed by atoms with van der Waals surface area (Å²) in [6.07, 6.45) is 0.739. The lowest BCUT2D eigenvalue weighted by Crippen LogP contribution is -2.15. The molecule has 17 heavy (non-hydrogen) atoms. The number of aliphatic hydroxyl groups is 1. The van der Waals surface area contributed by atoms with Gasteiger partial charge in [-0.1, -0.05) is 48.5 Å². The second-order valence-corrected chi connectivity index (χ2v) is 5.10. The molecule has 84 valence electrons. The largest absolute Gasteiger partial charge is 0.388 e. The molecule has 2 aromatic carbocycles. The molecular formula is C16H14O. The third-order valence-electron chi connectivity index (χ3n) is 4.33. The minimum absolute atomic E-state index is 0.297. The Kier molecular flexibility index (Phi) is 1.78. The minimum Gasteiger partial charge on any atom is -0.388 e. The van der Waals surface area contributed by atoms with E-state index >= 15 is 0 Å².